The second-order valence-corrected chi connectivity index (χ2v) is 10.2. The second kappa shape index (κ2) is 8.73. The molecular formula is C37H23N3. The Morgan fingerprint density at radius 2 is 0.900 bits per heavy atom. The van der Waals surface area contributed by atoms with Crippen molar-refractivity contribution in [3.05, 3.63) is 145 Å². The quantitative estimate of drug-likeness (QED) is 0.233. The number of aromatic nitrogens is 2. The lowest BCUT2D eigenvalue weighted by atomic mass is 10.0. The predicted molar refractivity (Wildman–Crippen MR) is 165 cm³/mol. The first-order valence-electron chi connectivity index (χ1n) is 13.4. The first-order chi connectivity index (χ1) is 19.8. The fourth-order valence-electron chi connectivity index (χ4n) is 6.17. The summed E-state index contributed by atoms with van der Waals surface area (Å²) in [6.45, 7) is 0. The van der Waals surface area contributed by atoms with Crippen LogP contribution in [0.15, 0.2) is 140 Å². The molecule has 40 heavy (non-hydrogen) atoms. The van der Waals surface area contributed by atoms with Gasteiger partial charge in [0.25, 0.3) is 0 Å². The van der Waals surface area contributed by atoms with Gasteiger partial charge in [-0.1, -0.05) is 84.9 Å². The topological polar surface area (TPSA) is 33.6 Å². The molecule has 0 saturated carbocycles. The Morgan fingerprint density at radius 1 is 0.400 bits per heavy atom. The summed E-state index contributed by atoms with van der Waals surface area (Å²) in [7, 11) is 0. The van der Waals surface area contributed by atoms with E-state index in [1.54, 1.807) is 0 Å². The molecule has 0 radical (unpaired) electrons. The van der Waals surface area contributed by atoms with Gasteiger partial charge in [0, 0.05) is 32.9 Å². The van der Waals surface area contributed by atoms with E-state index in [1.165, 1.54) is 32.6 Å². The number of rotatable bonds is 3. The molecule has 2 heterocycles. The van der Waals surface area contributed by atoms with Crippen molar-refractivity contribution in [1.82, 2.24) is 9.13 Å². The highest BCUT2D eigenvalue weighted by Crippen LogP contribution is 2.36. The van der Waals surface area contributed by atoms with Crippen LogP contribution in [-0.2, 0) is 0 Å². The van der Waals surface area contributed by atoms with Crippen molar-refractivity contribution < 1.29 is 0 Å². The molecule has 8 aromatic rings. The summed E-state index contributed by atoms with van der Waals surface area (Å²) in [6.07, 6.45) is 0. The van der Waals surface area contributed by atoms with Crippen molar-refractivity contribution in [3.63, 3.8) is 0 Å². The van der Waals surface area contributed by atoms with Crippen LogP contribution in [0.25, 0.3) is 66.1 Å². The molecule has 0 fully saturated rings. The first kappa shape index (κ1) is 22.4. The molecule has 0 saturated heterocycles. The molecule has 6 aromatic carbocycles. The van der Waals surface area contributed by atoms with Gasteiger partial charge in [-0.15, -0.1) is 0 Å². The molecule has 0 bridgehead atoms. The van der Waals surface area contributed by atoms with Gasteiger partial charge in [-0.05, 0) is 65.7 Å². The molecule has 0 aliphatic carbocycles. The average Bonchev–Trinajstić information content (AvgIpc) is 3.54. The molecule has 8 rings (SSSR count). The van der Waals surface area contributed by atoms with Gasteiger partial charge in [0.1, 0.15) is 0 Å². The molecule has 0 unspecified atom stereocenters. The van der Waals surface area contributed by atoms with E-state index in [0.717, 1.165) is 33.5 Å². The van der Waals surface area contributed by atoms with Crippen LogP contribution in [0.5, 0.6) is 0 Å². The minimum Gasteiger partial charge on any atom is -0.309 e. The van der Waals surface area contributed by atoms with Gasteiger partial charge in [0.2, 0.25) is 0 Å². The Labute approximate surface area is 231 Å². The molecule has 0 spiro atoms. The van der Waals surface area contributed by atoms with Crippen LogP contribution in [0.2, 0.25) is 0 Å². The lowest BCUT2D eigenvalue weighted by molar-refractivity contribution is 1.17. The summed E-state index contributed by atoms with van der Waals surface area (Å²) in [5.41, 5.74) is 9.74. The van der Waals surface area contributed by atoms with Crippen LogP contribution in [0.4, 0.5) is 0 Å². The summed E-state index contributed by atoms with van der Waals surface area (Å²) >= 11 is 0. The molecule has 0 N–H and O–H groups in total. The van der Waals surface area contributed by atoms with Crippen molar-refractivity contribution in [2.24, 2.45) is 0 Å². The molecule has 3 nitrogen and oxygen atoms in total. The van der Waals surface area contributed by atoms with Crippen molar-refractivity contribution in [2.75, 3.05) is 0 Å². The standard InChI is InChI=1S/C37H23N3/c38-24-25-9-7-11-28(21-25)40-36-18-6-3-15-32(36)33-20-19-27(23-37(33)40)26-10-8-12-29(22-26)39-34-16-4-1-13-30(34)31-14-2-5-17-35(31)39/h1-23H. The van der Waals surface area contributed by atoms with E-state index in [2.05, 4.69) is 137 Å². The van der Waals surface area contributed by atoms with Crippen LogP contribution in [0.1, 0.15) is 5.56 Å². The Kier molecular flexibility index (Phi) is 4.89. The van der Waals surface area contributed by atoms with Crippen molar-refractivity contribution >= 4 is 43.6 Å². The number of nitriles is 1. The highest BCUT2D eigenvalue weighted by Gasteiger charge is 2.15. The third kappa shape index (κ3) is 3.30. The maximum absolute atomic E-state index is 9.55. The van der Waals surface area contributed by atoms with E-state index in [-0.39, 0.29) is 0 Å². The zero-order valence-electron chi connectivity index (χ0n) is 21.6. The highest BCUT2D eigenvalue weighted by atomic mass is 15.0. The van der Waals surface area contributed by atoms with E-state index >= 15 is 0 Å². The molecule has 0 amide bonds. The Morgan fingerprint density at radius 3 is 1.52 bits per heavy atom. The second-order valence-electron chi connectivity index (χ2n) is 10.2. The third-order valence-electron chi connectivity index (χ3n) is 7.92. The van der Waals surface area contributed by atoms with Gasteiger partial charge in [0.05, 0.1) is 33.7 Å². The van der Waals surface area contributed by atoms with Crippen LogP contribution in [0.3, 0.4) is 0 Å². The molecule has 3 heteroatoms. The number of benzene rings is 6. The lowest BCUT2D eigenvalue weighted by Gasteiger charge is -2.12. The van der Waals surface area contributed by atoms with E-state index in [4.69, 9.17) is 0 Å². The summed E-state index contributed by atoms with van der Waals surface area (Å²) < 4.78 is 4.63. The Bertz CT molecular complexity index is 2240. The van der Waals surface area contributed by atoms with Gasteiger partial charge in [-0.3, -0.25) is 0 Å². The SMILES string of the molecule is N#Cc1cccc(-n2c3ccccc3c3ccc(-c4cccc(-n5c6ccccc6c6ccccc65)c4)cc32)c1. The minimum atomic E-state index is 0.651. The van der Waals surface area contributed by atoms with Crippen molar-refractivity contribution in [2.45, 2.75) is 0 Å². The van der Waals surface area contributed by atoms with Gasteiger partial charge in [-0.25, -0.2) is 0 Å². The number of hydrogen-bond donors (Lipinski definition) is 0. The Hall–Kier alpha value is -5.59. The first-order valence-corrected chi connectivity index (χ1v) is 13.4. The van der Waals surface area contributed by atoms with Gasteiger partial charge in [0.15, 0.2) is 0 Å². The molecule has 0 atom stereocenters. The zero-order valence-corrected chi connectivity index (χ0v) is 21.6. The third-order valence-corrected chi connectivity index (χ3v) is 7.92. The van der Waals surface area contributed by atoms with E-state index in [1.807, 2.05) is 18.2 Å². The lowest BCUT2D eigenvalue weighted by Crippen LogP contribution is -1.95. The molecule has 0 aliphatic heterocycles. The summed E-state index contributed by atoms with van der Waals surface area (Å²) in [4.78, 5) is 0. The van der Waals surface area contributed by atoms with Crippen LogP contribution in [0, 0.1) is 11.3 Å². The number of hydrogen-bond acceptors (Lipinski definition) is 1. The van der Waals surface area contributed by atoms with Crippen molar-refractivity contribution in [1.29, 1.82) is 5.26 Å². The number of para-hydroxylation sites is 3. The normalized spacial score (nSPS) is 11.5. The van der Waals surface area contributed by atoms with Crippen LogP contribution < -0.4 is 0 Å². The van der Waals surface area contributed by atoms with E-state index in [9.17, 15) is 5.26 Å². The van der Waals surface area contributed by atoms with Crippen molar-refractivity contribution in [3.8, 4) is 28.6 Å². The maximum atomic E-state index is 9.55. The Balaban J connectivity index is 1.35. The summed E-state index contributed by atoms with van der Waals surface area (Å²) in [6, 6.07) is 51.3. The number of fused-ring (bicyclic) bond motifs is 6. The molecule has 2 aromatic heterocycles. The highest BCUT2D eigenvalue weighted by molar-refractivity contribution is 6.11. The molecular weight excluding hydrogens is 486 g/mol. The molecule has 0 aliphatic rings. The monoisotopic (exact) mass is 509 g/mol. The fraction of sp³-hybridized carbons (Fsp3) is 0. The fourth-order valence-corrected chi connectivity index (χ4v) is 6.17. The van der Waals surface area contributed by atoms with Crippen LogP contribution >= 0.6 is 0 Å². The van der Waals surface area contributed by atoms with Gasteiger partial charge < -0.3 is 9.13 Å². The summed E-state index contributed by atoms with van der Waals surface area (Å²) in [5, 5.41) is 14.5. The molecule has 186 valence electrons. The smallest absolute Gasteiger partial charge is 0.0992 e. The average molecular weight is 510 g/mol. The minimum absolute atomic E-state index is 0.651. The van der Waals surface area contributed by atoms with E-state index < -0.39 is 0 Å². The predicted octanol–water partition coefficient (Wildman–Crippen LogP) is 9.42. The summed E-state index contributed by atoms with van der Waals surface area (Å²) in [5.74, 6) is 0. The largest absolute Gasteiger partial charge is 0.309 e. The zero-order chi connectivity index (χ0) is 26.6. The maximum Gasteiger partial charge on any atom is 0.0992 e. The van der Waals surface area contributed by atoms with Crippen LogP contribution in [-0.4, -0.2) is 9.13 Å². The van der Waals surface area contributed by atoms with E-state index in [0.29, 0.717) is 5.56 Å². The van der Waals surface area contributed by atoms with Gasteiger partial charge in [-0.2, -0.15) is 5.26 Å². The number of nitrogens with zero attached hydrogens (tertiary/aromatic N) is 3. The van der Waals surface area contributed by atoms with Gasteiger partial charge >= 0.3 is 0 Å².